The minimum absolute atomic E-state index is 0.00958. The average Bonchev–Trinajstić information content (AvgIpc) is 2.75. The van der Waals surface area contributed by atoms with Crippen LogP contribution in [0.2, 0.25) is 0 Å². The minimum atomic E-state index is 0.00958. The minimum Gasteiger partial charge on any atom is -0.372 e. The Hall–Kier alpha value is -1.06. The highest BCUT2D eigenvalue weighted by Gasteiger charge is 2.16. The molecule has 16 heavy (non-hydrogen) atoms. The number of hydrogen-bond acceptors (Lipinski definition) is 2. The van der Waals surface area contributed by atoms with Gasteiger partial charge in [-0.25, -0.2) is 0 Å². The summed E-state index contributed by atoms with van der Waals surface area (Å²) in [4.78, 5) is 13.6. The molecule has 0 N–H and O–H groups in total. The van der Waals surface area contributed by atoms with E-state index in [1.54, 1.807) is 11.9 Å². The van der Waals surface area contributed by atoms with Gasteiger partial charge >= 0.3 is 0 Å². The normalized spacial score (nSPS) is 13.6. The van der Waals surface area contributed by atoms with Crippen molar-refractivity contribution in [3.05, 3.63) is 34.9 Å². The van der Waals surface area contributed by atoms with Gasteiger partial charge in [-0.05, 0) is 23.3 Å². The summed E-state index contributed by atoms with van der Waals surface area (Å²) >= 11 is 5.61. The number of carbonyl (C=O) groups is 1. The van der Waals surface area contributed by atoms with E-state index in [1.165, 1.54) is 5.56 Å². The van der Waals surface area contributed by atoms with Crippen molar-refractivity contribution in [2.75, 3.05) is 19.5 Å². The number of alkyl halides is 1. The van der Waals surface area contributed by atoms with Crippen LogP contribution in [0.25, 0.3) is 0 Å². The Balaban J connectivity index is 2.18. The van der Waals surface area contributed by atoms with E-state index in [0.29, 0.717) is 31.2 Å². The van der Waals surface area contributed by atoms with Crippen LogP contribution < -0.4 is 0 Å². The lowest BCUT2D eigenvalue weighted by molar-refractivity contribution is 0.0803. The molecule has 1 aromatic rings. The smallest absolute Gasteiger partial charge is 0.253 e. The van der Waals surface area contributed by atoms with E-state index >= 15 is 0 Å². The largest absolute Gasteiger partial charge is 0.372 e. The summed E-state index contributed by atoms with van der Waals surface area (Å²) < 4.78 is 5.31. The maximum Gasteiger partial charge on any atom is 0.253 e. The number of halogens is 1. The third kappa shape index (κ3) is 2.20. The Labute approximate surface area is 100.0 Å². The van der Waals surface area contributed by atoms with E-state index in [4.69, 9.17) is 16.3 Å². The number of benzene rings is 1. The molecule has 0 spiro atoms. The Kier molecular flexibility index (Phi) is 3.46. The van der Waals surface area contributed by atoms with Gasteiger partial charge in [-0.15, -0.1) is 11.6 Å². The van der Waals surface area contributed by atoms with Gasteiger partial charge in [0, 0.05) is 25.0 Å². The molecule has 0 unspecified atom stereocenters. The molecule has 0 aliphatic carbocycles. The third-order valence-corrected chi connectivity index (χ3v) is 2.90. The fraction of sp³-hybridized carbons (Fsp3) is 0.417. The topological polar surface area (TPSA) is 29.5 Å². The second-order valence-electron chi connectivity index (χ2n) is 3.89. The van der Waals surface area contributed by atoms with E-state index in [2.05, 4.69) is 0 Å². The van der Waals surface area contributed by atoms with Gasteiger partial charge in [-0.3, -0.25) is 4.79 Å². The highest BCUT2D eigenvalue weighted by molar-refractivity contribution is 6.18. The van der Waals surface area contributed by atoms with Gasteiger partial charge in [0.25, 0.3) is 5.91 Å². The molecule has 1 aliphatic heterocycles. The zero-order chi connectivity index (χ0) is 11.5. The van der Waals surface area contributed by atoms with Gasteiger partial charge < -0.3 is 9.64 Å². The zero-order valence-corrected chi connectivity index (χ0v) is 9.96. The molecule has 1 aliphatic rings. The van der Waals surface area contributed by atoms with Crippen molar-refractivity contribution in [1.29, 1.82) is 0 Å². The third-order valence-electron chi connectivity index (χ3n) is 2.73. The van der Waals surface area contributed by atoms with Crippen molar-refractivity contribution in [1.82, 2.24) is 4.90 Å². The maximum atomic E-state index is 12.0. The first-order valence-electron chi connectivity index (χ1n) is 5.23. The Morgan fingerprint density at radius 1 is 1.44 bits per heavy atom. The van der Waals surface area contributed by atoms with Gasteiger partial charge in [0.05, 0.1) is 13.2 Å². The van der Waals surface area contributed by atoms with Crippen LogP contribution in [0.1, 0.15) is 21.5 Å². The first kappa shape index (κ1) is 11.4. The van der Waals surface area contributed by atoms with Crippen LogP contribution in [0.4, 0.5) is 0 Å². The van der Waals surface area contributed by atoms with Crippen molar-refractivity contribution in [2.45, 2.75) is 13.2 Å². The zero-order valence-electron chi connectivity index (χ0n) is 9.20. The van der Waals surface area contributed by atoms with Crippen LogP contribution in [0.5, 0.6) is 0 Å². The molecule has 1 aromatic carbocycles. The number of fused-ring (bicyclic) bond motifs is 1. The molecule has 86 valence electrons. The number of nitrogens with zero attached hydrogens (tertiary/aromatic N) is 1. The summed E-state index contributed by atoms with van der Waals surface area (Å²) in [5.74, 6) is 0.464. The van der Waals surface area contributed by atoms with Crippen LogP contribution in [0.3, 0.4) is 0 Å². The monoisotopic (exact) mass is 239 g/mol. The first-order valence-corrected chi connectivity index (χ1v) is 5.77. The Morgan fingerprint density at radius 3 is 2.94 bits per heavy atom. The lowest BCUT2D eigenvalue weighted by Gasteiger charge is -2.15. The van der Waals surface area contributed by atoms with Crippen molar-refractivity contribution < 1.29 is 9.53 Å². The Bertz CT molecular complexity index is 406. The molecule has 0 aromatic heterocycles. The number of rotatable bonds is 3. The second kappa shape index (κ2) is 4.85. The maximum absolute atomic E-state index is 12.0. The van der Waals surface area contributed by atoms with Crippen molar-refractivity contribution >= 4 is 17.5 Å². The molecule has 0 radical (unpaired) electrons. The number of hydrogen-bond donors (Lipinski definition) is 0. The van der Waals surface area contributed by atoms with Crippen LogP contribution in [-0.4, -0.2) is 30.3 Å². The van der Waals surface area contributed by atoms with E-state index in [1.807, 2.05) is 18.2 Å². The molecule has 0 saturated heterocycles. The second-order valence-corrected chi connectivity index (χ2v) is 4.27. The van der Waals surface area contributed by atoms with Crippen LogP contribution in [-0.2, 0) is 18.0 Å². The van der Waals surface area contributed by atoms with Gasteiger partial charge in [0.2, 0.25) is 0 Å². The van der Waals surface area contributed by atoms with Crippen LogP contribution >= 0.6 is 11.6 Å². The molecule has 3 nitrogen and oxygen atoms in total. The van der Waals surface area contributed by atoms with Crippen LogP contribution in [0.15, 0.2) is 18.2 Å². The van der Waals surface area contributed by atoms with E-state index in [0.717, 1.165) is 5.56 Å². The van der Waals surface area contributed by atoms with Gasteiger partial charge in [0.1, 0.15) is 0 Å². The molecule has 0 atom stereocenters. The molecular weight excluding hydrogens is 226 g/mol. The van der Waals surface area contributed by atoms with Crippen molar-refractivity contribution in [3.8, 4) is 0 Å². The standard InChI is InChI=1S/C12H14ClNO2/c1-14(5-4-13)12(15)9-2-3-10-7-16-8-11(10)6-9/h2-3,6H,4-5,7-8H2,1H3. The summed E-state index contributed by atoms with van der Waals surface area (Å²) in [5.41, 5.74) is 3.00. The van der Waals surface area contributed by atoms with Gasteiger partial charge in [-0.2, -0.15) is 0 Å². The highest BCUT2D eigenvalue weighted by atomic mass is 35.5. The predicted octanol–water partition coefficient (Wildman–Crippen LogP) is 2.03. The van der Waals surface area contributed by atoms with Crippen LogP contribution in [0, 0.1) is 0 Å². The summed E-state index contributed by atoms with van der Waals surface area (Å²) in [7, 11) is 1.76. The molecule has 1 amide bonds. The fourth-order valence-electron chi connectivity index (χ4n) is 1.75. The highest BCUT2D eigenvalue weighted by Crippen LogP contribution is 2.21. The fourth-order valence-corrected chi connectivity index (χ4v) is 2.01. The SMILES string of the molecule is CN(CCCl)C(=O)c1ccc2c(c1)COC2. The lowest BCUT2D eigenvalue weighted by atomic mass is 10.1. The molecule has 0 saturated carbocycles. The lowest BCUT2D eigenvalue weighted by Crippen LogP contribution is -2.28. The summed E-state index contributed by atoms with van der Waals surface area (Å²) in [6.45, 7) is 1.82. The van der Waals surface area contributed by atoms with E-state index < -0.39 is 0 Å². The summed E-state index contributed by atoms with van der Waals surface area (Å²) in [6.07, 6.45) is 0. The molecule has 2 rings (SSSR count). The molecule has 0 bridgehead atoms. The van der Waals surface area contributed by atoms with Crippen molar-refractivity contribution in [2.24, 2.45) is 0 Å². The van der Waals surface area contributed by atoms with Gasteiger partial charge in [0.15, 0.2) is 0 Å². The average molecular weight is 240 g/mol. The summed E-state index contributed by atoms with van der Waals surface area (Å²) in [6, 6.07) is 5.72. The predicted molar refractivity (Wildman–Crippen MR) is 62.6 cm³/mol. The van der Waals surface area contributed by atoms with E-state index in [9.17, 15) is 4.79 Å². The Morgan fingerprint density at radius 2 is 2.19 bits per heavy atom. The quantitative estimate of drug-likeness (QED) is 0.756. The first-order chi connectivity index (χ1) is 7.72. The molecular formula is C12H14ClNO2. The number of carbonyl (C=O) groups excluding carboxylic acids is 1. The molecule has 4 heteroatoms. The molecule has 1 heterocycles. The number of ether oxygens (including phenoxy) is 1. The van der Waals surface area contributed by atoms with Crippen molar-refractivity contribution in [3.63, 3.8) is 0 Å². The van der Waals surface area contributed by atoms with Gasteiger partial charge in [-0.1, -0.05) is 6.07 Å². The van der Waals surface area contributed by atoms with E-state index in [-0.39, 0.29) is 5.91 Å². The molecule has 0 fully saturated rings. The number of amides is 1. The summed E-state index contributed by atoms with van der Waals surface area (Å²) in [5, 5.41) is 0.